The van der Waals surface area contributed by atoms with Gasteiger partial charge < -0.3 is 15.3 Å². The molecule has 0 aliphatic heterocycles. The van der Waals surface area contributed by atoms with Crippen LogP contribution in [-0.4, -0.2) is 55.1 Å². The van der Waals surface area contributed by atoms with Crippen molar-refractivity contribution in [3.63, 3.8) is 0 Å². The molecule has 0 saturated carbocycles. The van der Waals surface area contributed by atoms with Crippen molar-refractivity contribution in [1.29, 1.82) is 0 Å². The van der Waals surface area contributed by atoms with Crippen LogP contribution in [0.2, 0.25) is 0 Å². The summed E-state index contributed by atoms with van der Waals surface area (Å²) in [6.45, 7) is 0.790. The van der Waals surface area contributed by atoms with E-state index in [1.165, 1.54) is 7.05 Å². The van der Waals surface area contributed by atoms with E-state index in [1.54, 1.807) is 11.9 Å². The Hall–Kier alpha value is -1.63. The third-order valence-corrected chi connectivity index (χ3v) is 1.91. The molecule has 0 rings (SSSR count). The zero-order chi connectivity index (χ0) is 12.6. The van der Waals surface area contributed by atoms with Crippen molar-refractivity contribution in [3.05, 3.63) is 0 Å². The van der Waals surface area contributed by atoms with E-state index in [9.17, 15) is 14.4 Å². The van der Waals surface area contributed by atoms with Crippen LogP contribution in [0, 0.1) is 0 Å². The fraction of sp³-hybridized carbons (Fsp3) is 0.667. The molecule has 0 bridgehead atoms. The molecule has 16 heavy (non-hydrogen) atoms. The van der Waals surface area contributed by atoms with E-state index in [1.807, 2.05) is 0 Å². The first-order valence-corrected chi connectivity index (χ1v) is 4.87. The molecule has 3 N–H and O–H groups in total. The quantitative estimate of drug-likeness (QED) is 0.558. The highest BCUT2D eigenvalue weighted by Gasteiger charge is 2.08. The number of nitrogens with zero attached hydrogens (tertiary/aromatic N) is 1. The van der Waals surface area contributed by atoms with Crippen LogP contribution in [0.25, 0.3) is 0 Å². The lowest BCUT2D eigenvalue weighted by Gasteiger charge is -2.14. The molecule has 3 amide bonds. The number of hydrogen-bond acceptors (Lipinski definition) is 4. The van der Waals surface area contributed by atoms with Crippen LogP contribution in [0.4, 0.5) is 4.79 Å². The molecule has 0 heterocycles. The molecular formula is C9H17N3O4. The molecular weight excluding hydrogens is 214 g/mol. The molecule has 0 aliphatic rings. The van der Waals surface area contributed by atoms with Crippen LogP contribution in [-0.2, 0) is 9.59 Å². The summed E-state index contributed by atoms with van der Waals surface area (Å²) in [5, 5.41) is 12.8. The Kier molecular flexibility index (Phi) is 6.86. The van der Waals surface area contributed by atoms with Gasteiger partial charge >= 0.3 is 12.0 Å². The Labute approximate surface area is 93.8 Å². The monoisotopic (exact) mass is 231 g/mol. The first-order valence-electron chi connectivity index (χ1n) is 4.87. The minimum absolute atomic E-state index is 0.0353. The molecule has 7 heteroatoms. The molecule has 0 aromatic heterocycles. The number of carboxylic acid groups (broad SMARTS) is 1. The second kappa shape index (κ2) is 7.63. The highest BCUT2D eigenvalue weighted by atomic mass is 16.4. The first kappa shape index (κ1) is 14.4. The van der Waals surface area contributed by atoms with Gasteiger partial charge in [-0.2, -0.15) is 0 Å². The standard InChI is InChI=1S/C9H17N3O4/c1-10-9(16)11-7(13)3-5-12(2)6-4-8(14)15/h3-6H2,1-2H3,(H,14,15)(H2,10,11,13,16). The van der Waals surface area contributed by atoms with Gasteiger partial charge in [-0.3, -0.25) is 14.9 Å². The fourth-order valence-corrected chi connectivity index (χ4v) is 0.942. The minimum atomic E-state index is -0.873. The number of nitrogens with one attached hydrogen (secondary N) is 2. The van der Waals surface area contributed by atoms with Gasteiger partial charge in [0, 0.05) is 26.6 Å². The second-order valence-electron chi connectivity index (χ2n) is 3.32. The van der Waals surface area contributed by atoms with Crippen molar-refractivity contribution >= 4 is 17.9 Å². The van der Waals surface area contributed by atoms with Crippen LogP contribution >= 0.6 is 0 Å². The van der Waals surface area contributed by atoms with Crippen molar-refractivity contribution in [3.8, 4) is 0 Å². The van der Waals surface area contributed by atoms with Crippen LogP contribution in [0.15, 0.2) is 0 Å². The molecule has 0 atom stereocenters. The first-order chi connectivity index (χ1) is 7.45. The van der Waals surface area contributed by atoms with Gasteiger partial charge in [0.1, 0.15) is 0 Å². The van der Waals surface area contributed by atoms with Crippen molar-refractivity contribution in [2.75, 3.05) is 27.2 Å². The molecule has 0 aromatic carbocycles. The summed E-state index contributed by atoms with van der Waals surface area (Å²) < 4.78 is 0. The summed E-state index contributed by atoms with van der Waals surface area (Å²) in [5.41, 5.74) is 0. The van der Waals surface area contributed by atoms with Crippen LogP contribution in [0.3, 0.4) is 0 Å². The third kappa shape index (κ3) is 7.74. The zero-order valence-corrected chi connectivity index (χ0v) is 9.45. The molecule has 92 valence electrons. The lowest BCUT2D eigenvalue weighted by Crippen LogP contribution is -2.38. The van der Waals surface area contributed by atoms with E-state index < -0.39 is 12.0 Å². The molecule has 0 radical (unpaired) electrons. The summed E-state index contributed by atoms with van der Waals surface area (Å²) in [7, 11) is 3.14. The lowest BCUT2D eigenvalue weighted by molar-refractivity contribution is -0.137. The van der Waals surface area contributed by atoms with Crippen LogP contribution in [0.1, 0.15) is 12.8 Å². The Bertz CT molecular complexity index is 267. The van der Waals surface area contributed by atoms with Crippen molar-refractivity contribution < 1.29 is 19.5 Å². The molecule has 0 unspecified atom stereocenters. The molecule has 0 fully saturated rings. The van der Waals surface area contributed by atoms with Gasteiger partial charge in [0.2, 0.25) is 5.91 Å². The summed E-state index contributed by atoms with van der Waals surface area (Å²) in [4.78, 5) is 33.9. The molecule has 0 spiro atoms. The summed E-state index contributed by atoms with van der Waals surface area (Å²) >= 11 is 0. The van der Waals surface area contributed by atoms with E-state index in [2.05, 4.69) is 10.6 Å². The van der Waals surface area contributed by atoms with E-state index in [0.717, 1.165) is 0 Å². The van der Waals surface area contributed by atoms with E-state index in [0.29, 0.717) is 13.1 Å². The van der Waals surface area contributed by atoms with Gasteiger partial charge in [0.15, 0.2) is 0 Å². The number of amides is 3. The SMILES string of the molecule is CNC(=O)NC(=O)CCN(C)CCC(=O)O. The summed E-state index contributed by atoms with van der Waals surface area (Å²) in [5.74, 6) is -1.26. The largest absolute Gasteiger partial charge is 0.481 e. The number of urea groups is 1. The zero-order valence-electron chi connectivity index (χ0n) is 9.45. The van der Waals surface area contributed by atoms with Crippen LogP contribution in [0.5, 0.6) is 0 Å². The highest BCUT2D eigenvalue weighted by Crippen LogP contribution is 1.90. The molecule has 7 nitrogen and oxygen atoms in total. The van der Waals surface area contributed by atoms with Gasteiger partial charge in [0.25, 0.3) is 0 Å². The second-order valence-corrected chi connectivity index (χ2v) is 3.32. The molecule has 0 aliphatic carbocycles. The maximum absolute atomic E-state index is 11.1. The van der Waals surface area contributed by atoms with E-state index >= 15 is 0 Å². The fourth-order valence-electron chi connectivity index (χ4n) is 0.942. The maximum atomic E-state index is 11.1. The number of carbonyl (C=O) groups is 3. The van der Waals surface area contributed by atoms with Gasteiger partial charge in [-0.05, 0) is 7.05 Å². The summed E-state index contributed by atoms with van der Waals surface area (Å²) in [6, 6.07) is -0.543. The van der Waals surface area contributed by atoms with Crippen molar-refractivity contribution in [2.45, 2.75) is 12.8 Å². The van der Waals surface area contributed by atoms with Crippen LogP contribution < -0.4 is 10.6 Å². The van der Waals surface area contributed by atoms with Gasteiger partial charge in [0.05, 0.1) is 6.42 Å². The van der Waals surface area contributed by atoms with Gasteiger partial charge in [-0.25, -0.2) is 4.79 Å². The van der Waals surface area contributed by atoms with E-state index in [4.69, 9.17) is 5.11 Å². The number of rotatable bonds is 6. The maximum Gasteiger partial charge on any atom is 0.321 e. The predicted octanol–water partition coefficient (Wildman–Crippen LogP) is -0.761. The highest BCUT2D eigenvalue weighted by molar-refractivity contribution is 5.94. The lowest BCUT2D eigenvalue weighted by atomic mass is 10.3. The average molecular weight is 231 g/mol. The number of imide groups is 1. The normalized spacial score (nSPS) is 9.94. The third-order valence-electron chi connectivity index (χ3n) is 1.91. The van der Waals surface area contributed by atoms with Gasteiger partial charge in [-0.1, -0.05) is 0 Å². The van der Waals surface area contributed by atoms with Crippen molar-refractivity contribution in [2.24, 2.45) is 0 Å². The average Bonchev–Trinajstić information content (AvgIpc) is 2.23. The number of aliphatic carboxylic acids is 1. The Morgan fingerprint density at radius 1 is 1.19 bits per heavy atom. The number of carbonyl (C=O) groups excluding carboxylic acids is 2. The molecule has 0 saturated heterocycles. The summed E-state index contributed by atoms with van der Waals surface area (Å²) in [6.07, 6.45) is 0.192. The predicted molar refractivity (Wildman–Crippen MR) is 57.0 cm³/mol. The number of hydrogen-bond donors (Lipinski definition) is 3. The Balaban J connectivity index is 3.66. The number of carboxylic acids is 1. The Morgan fingerprint density at radius 2 is 1.75 bits per heavy atom. The van der Waals surface area contributed by atoms with Gasteiger partial charge in [-0.15, -0.1) is 0 Å². The Morgan fingerprint density at radius 3 is 2.25 bits per heavy atom. The smallest absolute Gasteiger partial charge is 0.321 e. The van der Waals surface area contributed by atoms with E-state index in [-0.39, 0.29) is 18.7 Å². The minimum Gasteiger partial charge on any atom is -0.481 e. The topological polar surface area (TPSA) is 98.7 Å². The van der Waals surface area contributed by atoms with Crippen molar-refractivity contribution in [1.82, 2.24) is 15.5 Å². The molecule has 0 aromatic rings.